The van der Waals surface area contributed by atoms with Crippen LogP contribution in [0.3, 0.4) is 0 Å². The van der Waals surface area contributed by atoms with Gasteiger partial charge in [0, 0.05) is 19.4 Å². The van der Waals surface area contributed by atoms with E-state index in [0.29, 0.717) is 16.1 Å². The average Bonchev–Trinajstić information content (AvgIpc) is 2.86. The monoisotopic (exact) mass is 255 g/mol. The smallest absolute Gasteiger partial charge is 0.318 e. The first-order chi connectivity index (χ1) is 8.49. The highest BCUT2D eigenvalue weighted by molar-refractivity contribution is 6.03. The predicted octanol–water partition coefficient (Wildman–Crippen LogP) is 1.57. The lowest BCUT2D eigenvalue weighted by atomic mass is 10.3. The van der Waals surface area contributed by atoms with Crippen molar-refractivity contribution in [2.75, 3.05) is 5.32 Å². The van der Waals surface area contributed by atoms with E-state index in [-0.39, 0.29) is 5.69 Å². The van der Waals surface area contributed by atoms with Gasteiger partial charge in [0.2, 0.25) is 0 Å². The second-order valence-electron chi connectivity index (χ2n) is 3.69. The lowest BCUT2D eigenvalue weighted by Gasteiger charge is -2.06. The van der Waals surface area contributed by atoms with Crippen molar-refractivity contribution in [3.05, 3.63) is 29.8 Å². The van der Waals surface area contributed by atoms with Crippen molar-refractivity contribution < 1.29 is 13.6 Å². The molecule has 1 amide bonds. The Kier molecular flexibility index (Phi) is 3.09. The highest BCUT2D eigenvalue weighted by Crippen LogP contribution is 2.16. The molecule has 0 aliphatic carbocycles. The number of nitrogens with one attached hydrogen (secondary N) is 1. The summed E-state index contributed by atoms with van der Waals surface area (Å²) in [6.45, 7) is -1.14. The van der Waals surface area contributed by atoms with Crippen LogP contribution in [0.1, 0.15) is 22.7 Å². The van der Waals surface area contributed by atoms with Gasteiger partial charge in [0.05, 0.1) is 11.4 Å². The number of carbonyl (C=O) groups excluding carboxylic acids is 1. The molecule has 8 heteroatoms. The van der Waals surface area contributed by atoms with E-state index in [1.54, 1.807) is 20.2 Å². The maximum atomic E-state index is 12.5. The van der Waals surface area contributed by atoms with Crippen LogP contribution >= 0.6 is 0 Å². The molecule has 2 heterocycles. The zero-order valence-electron chi connectivity index (χ0n) is 9.76. The molecule has 18 heavy (non-hydrogen) atoms. The Morgan fingerprint density at radius 1 is 1.50 bits per heavy atom. The van der Waals surface area contributed by atoms with E-state index in [0.717, 1.165) is 6.20 Å². The Morgan fingerprint density at radius 3 is 2.78 bits per heavy atom. The summed E-state index contributed by atoms with van der Waals surface area (Å²) in [6, 6.07) is 1.23. The van der Waals surface area contributed by atoms with Crippen LogP contribution in [-0.2, 0) is 7.05 Å². The molecule has 0 radical (unpaired) electrons. The number of amides is 1. The summed E-state index contributed by atoms with van der Waals surface area (Å²) in [5, 5.41) is 9.94. The lowest BCUT2D eigenvalue weighted by Crippen LogP contribution is -2.18. The topological polar surface area (TPSA) is 64.7 Å². The van der Waals surface area contributed by atoms with Crippen LogP contribution in [0.4, 0.5) is 14.5 Å². The highest BCUT2D eigenvalue weighted by Gasteiger charge is 2.18. The van der Waals surface area contributed by atoms with Crippen molar-refractivity contribution in [3.8, 4) is 0 Å². The van der Waals surface area contributed by atoms with Crippen LogP contribution in [0.25, 0.3) is 0 Å². The minimum atomic E-state index is -2.85. The molecule has 2 aromatic heterocycles. The van der Waals surface area contributed by atoms with Gasteiger partial charge in [-0.05, 0) is 13.0 Å². The third-order valence-corrected chi connectivity index (χ3v) is 2.35. The maximum absolute atomic E-state index is 12.5. The van der Waals surface area contributed by atoms with E-state index in [1.807, 2.05) is 0 Å². The van der Waals surface area contributed by atoms with E-state index >= 15 is 0 Å². The minimum absolute atomic E-state index is 0.201. The fraction of sp³-hybridized carbons (Fsp3) is 0.300. The van der Waals surface area contributed by atoms with Crippen LogP contribution in [0.2, 0.25) is 0 Å². The molecular formula is C10H11F2N5O. The maximum Gasteiger partial charge on any atom is 0.333 e. The molecule has 2 rings (SSSR count). The van der Waals surface area contributed by atoms with Gasteiger partial charge in [-0.15, -0.1) is 0 Å². The summed E-state index contributed by atoms with van der Waals surface area (Å²) in [5.74, 6) is -0.649. The number of aromatic nitrogens is 4. The molecular weight excluding hydrogens is 244 g/mol. The van der Waals surface area contributed by atoms with Crippen molar-refractivity contribution in [3.63, 3.8) is 0 Å². The quantitative estimate of drug-likeness (QED) is 0.905. The molecule has 0 aliphatic rings. The summed E-state index contributed by atoms with van der Waals surface area (Å²) >= 11 is 0. The molecule has 0 atom stereocenters. The van der Waals surface area contributed by atoms with Crippen molar-refractivity contribution in [1.29, 1.82) is 0 Å². The van der Waals surface area contributed by atoms with Crippen LogP contribution < -0.4 is 5.32 Å². The first-order valence-electron chi connectivity index (χ1n) is 5.12. The third kappa shape index (κ3) is 2.22. The molecule has 0 bridgehead atoms. The first kappa shape index (κ1) is 12.2. The summed E-state index contributed by atoms with van der Waals surface area (Å²) in [6.07, 6.45) is 2.74. The van der Waals surface area contributed by atoms with Gasteiger partial charge in [-0.3, -0.25) is 9.48 Å². The molecule has 0 fully saturated rings. The van der Waals surface area contributed by atoms with Gasteiger partial charge in [-0.1, -0.05) is 0 Å². The largest absolute Gasteiger partial charge is 0.333 e. The summed E-state index contributed by atoms with van der Waals surface area (Å²) in [7, 11) is 1.70. The molecule has 1 N–H and O–H groups in total. The van der Waals surface area contributed by atoms with E-state index in [1.165, 1.54) is 10.7 Å². The Bertz CT molecular complexity index is 575. The molecule has 0 unspecified atom stereocenters. The molecule has 2 aromatic rings. The molecule has 96 valence electrons. The van der Waals surface area contributed by atoms with Gasteiger partial charge in [0.1, 0.15) is 5.69 Å². The third-order valence-electron chi connectivity index (χ3n) is 2.35. The molecule has 0 aliphatic heterocycles. The lowest BCUT2D eigenvalue weighted by molar-refractivity contribution is 0.0520. The fourth-order valence-electron chi connectivity index (χ4n) is 1.56. The molecule has 0 saturated carbocycles. The van der Waals surface area contributed by atoms with Crippen molar-refractivity contribution in [1.82, 2.24) is 19.6 Å². The first-order valence-corrected chi connectivity index (χ1v) is 5.12. The number of hydrogen-bond donors (Lipinski definition) is 1. The highest BCUT2D eigenvalue weighted by atomic mass is 19.3. The van der Waals surface area contributed by atoms with E-state index in [9.17, 15) is 13.6 Å². The number of halogens is 2. The Morgan fingerprint density at radius 2 is 2.22 bits per heavy atom. The summed E-state index contributed by atoms with van der Waals surface area (Å²) in [5.41, 5.74) is 0.881. The fourth-order valence-corrected chi connectivity index (χ4v) is 1.56. The van der Waals surface area contributed by atoms with E-state index < -0.39 is 12.5 Å². The normalized spacial score (nSPS) is 10.9. The van der Waals surface area contributed by atoms with Crippen molar-refractivity contribution in [2.24, 2.45) is 7.05 Å². The number of rotatable bonds is 3. The second kappa shape index (κ2) is 4.55. The van der Waals surface area contributed by atoms with Crippen molar-refractivity contribution >= 4 is 11.6 Å². The summed E-state index contributed by atoms with van der Waals surface area (Å²) < 4.78 is 27.0. The molecule has 0 aromatic carbocycles. The van der Waals surface area contributed by atoms with Gasteiger partial charge in [-0.25, -0.2) is 0 Å². The zero-order valence-corrected chi connectivity index (χ0v) is 9.76. The van der Waals surface area contributed by atoms with Crippen LogP contribution in [0.5, 0.6) is 0 Å². The second-order valence-corrected chi connectivity index (χ2v) is 3.69. The Hall–Kier alpha value is -2.25. The standard InChI is InChI=1S/C10H11F2N5O/c1-6-7(5-16(2)15-6)14-9(18)8-3-4-13-17(8)10(11)12/h3-5,10H,1-2H3,(H,14,18). The van der Waals surface area contributed by atoms with Crippen LogP contribution in [-0.4, -0.2) is 25.5 Å². The number of aryl methyl sites for hydroxylation is 2. The van der Waals surface area contributed by atoms with Crippen LogP contribution in [0.15, 0.2) is 18.5 Å². The Labute approximate surface area is 101 Å². The van der Waals surface area contributed by atoms with Gasteiger partial charge in [-0.2, -0.15) is 23.7 Å². The van der Waals surface area contributed by atoms with Gasteiger partial charge >= 0.3 is 6.55 Å². The van der Waals surface area contributed by atoms with Crippen molar-refractivity contribution in [2.45, 2.75) is 13.5 Å². The SMILES string of the molecule is Cc1nn(C)cc1NC(=O)c1ccnn1C(F)F. The molecule has 0 saturated heterocycles. The number of anilines is 1. The van der Waals surface area contributed by atoms with Gasteiger partial charge in [0.15, 0.2) is 0 Å². The zero-order chi connectivity index (χ0) is 13.3. The predicted molar refractivity (Wildman–Crippen MR) is 59.4 cm³/mol. The van der Waals surface area contributed by atoms with E-state index in [2.05, 4.69) is 15.5 Å². The molecule has 6 nitrogen and oxygen atoms in total. The Balaban J connectivity index is 2.22. The molecule has 0 spiro atoms. The number of alkyl halides is 2. The van der Waals surface area contributed by atoms with Crippen LogP contribution in [0, 0.1) is 6.92 Å². The number of hydrogen-bond acceptors (Lipinski definition) is 3. The van der Waals surface area contributed by atoms with E-state index in [4.69, 9.17) is 0 Å². The average molecular weight is 255 g/mol. The number of nitrogens with zero attached hydrogens (tertiary/aromatic N) is 4. The minimum Gasteiger partial charge on any atom is -0.318 e. The number of carbonyl (C=O) groups is 1. The van der Waals surface area contributed by atoms with Gasteiger partial charge < -0.3 is 5.32 Å². The van der Waals surface area contributed by atoms with Gasteiger partial charge in [0.25, 0.3) is 5.91 Å². The summed E-state index contributed by atoms with van der Waals surface area (Å²) in [4.78, 5) is 11.8.